The smallest absolute Gasteiger partial charge is 0.246 e. The van der Waals surface area contributed by atoms with Gasteiger partial charge in [-0.2, -0.15) is 0 Å². The van der Waals surface area contributed by atoms with Gasteiger partial charge in [0.15, 0.2) is 0 Å². The predicted octanol–water partition coefficient (Wildman–Crippen LogP) is 1.69. The maximum Gasteiger partial charge on any atom is 0.246 e. The fourth-order valence-electron chi connectivity index (χ4n) is 2.98. The molecule has 1 heterocycles. The topological polar surface area (TPSA) is 49.4 Å². The van der Waals surface area contributed by atoms with Crippen LogP contribution in [0.15, 0.2) is 0 Å². The highest BCUT2D eigenvalue weighted by atomic mass is 16.2. The van der Waals surface area contributed by atoms with Gasteiger partial charge in [0.1, 0.15) is 0 Å². The number of carbonyl (C=O) groups excluding carboxylic acids is 2. The van der Waals surface area contributed by atoms with Crippen LogP contribution in [0.3, 0.4) is 0 Å². The van der Waals surface area contributed by atoms with Gasteiger partial charge in [-0.15, -0.1) is 0 Å². The molecule has 1 saturated heterocycles. The molecule has 1 saturated carbocycles. The monoisotopic (exact) mass is 252 g/mol. The molecule has 1 aliphatic carbocycles. The molecule has 4 heteroatoms. The molecule has 18 heavy (non-hydrogen) atoms. The Morgan fingerprint density at radius 3 is 2.44 bits per heavy atom. The summed E-state index contributed by atoms with van der Waals surface area (Å²) in [6.07, 6.45) is 9.07. The van der Waals surface area contributed by atoms with E-state index < -0.39 is 0 Å². The first-order chi connectivity index (χ1) is 8.68. The van der Waals surface area contributed by atoms with E-state index in [9.17, 15) is 9.59 Å². The van der Waals surface area contributed by atoms with Gasteiger partial charge in [0.25, 0.3) is 0 Å². The van der Waals surface area contributed by atoms with Gasteiger partial charge >= 0.3 is 0 Å². The summed E-state index contributed by atoms with van der Waals surface area (Å²) in [5, 5.41) is 3.38. The van der Waals surface area contributed by atoms with Gasteiger partial charge in [0, 0.05) is 13.5 Å². The van der Waals surface area contributed by atoms with Gasteiger partial charge in [-0.25, -0.2) is 0 Å². The van der Waals surface area contributed by atoms with E-state index in [4.69, 9.17) is 0 Å². The number of hydrogen-bond donors (Lipinski definition) is 1. The van der Waals surface area contributed by atoms with Crippen LogP contribution >= 0.6 is 0 Å². The molecular weight excluding hydrogens is 228 g/mol. The Hall–Kier alpha value is -0.900. The Bertz CT molecular complexity index is 309. The molecule has 0 radical (unpaired) electrons. The Labute approximate surface area is 109 Å². The molecule has 1 atom stereocenters. The van der Waals surface area contributed by atoms with Crippen LogP contribution in [0.1, 0.15) is 51.4 Å². The third-order valence-electron chi connectivity index (χ3n) is 4.28. The lowest BCUT2D eigenvalue weighted by molar-refractivity contribution is -0.148. The average molecular weight is 252 g/mol. The molecule has 0 aromatic heterocycles. The van der Waals surface area contributed by atoms with Crippen LogP contribution in [-0.2, 0) is 9.59 Å². The molecule has 1 aliphatic heterocycles. The minimum absolute atomic E-state index is 0.0486. The van der Waals surface area contributed by atoms with Crippen LogP contribution < -0.4 is 5.32 Å². The Balaban J connectivity index is 1.78. The lowest BCUT2D eigenvalue weighted by Gasteiger charge is -2.29. The van der Waals surface area contributed by atoms with Crippen molar-refractivity contribution in [3.05, 3.63) is 0 Å². The summed E-state index contributed by atoms with van der Waals surface area (Å²) in [7, 11) is 1.59. The van der Waals surface area contributed by atoms with Crippen molar-refractivity contribution in [1.29, 1.82) is 0 Å². The SMILES string of the molecule is CN1C(=O)CCC(NCC2CCCCCC2)C1=O. The molecule has 2 fully saturated rings. The van der Waals surface area contributed by atoms with Crippen molar-refractivity contribution in [2.24, 2.45) is 5.92 Å². The summed E-state index contributed by atoms with van der Waals surface area (Å²) in [6, 6.07) is -0.143. The normalized spacial score (nSPS) is 27.4. The summed E-state index contributed by atoms with van der Waals surface area (Å²) in [5.74, 6) is 0.607. The molecule has 1 unspecified atom stereocenters. The minimum atomic E-state index is -0.143. The average Bonchev–Trinajstić information content (AvgIpc) is 2.64. The zero-order valence-corrected chi connectivity index (χ0v) is 11.3. The standard InChI is InChI=1S/C14H24N2O2/c1-16-13(17)9-8-12(14(16)18)15-10-11-6-4-2-3-5-7-11/h11-12,15H,2-10H2,1H3. The molecule has 2 amide bonds. The number of imide groups is 1. The summed E-state index contributed by atoms with van der Waals surface area (Å²) in [5.41, 5.74) is 0. The molecule has 0 spiro atoms. The van der Waals surface area contributed by atoms with E-state index in [2.05, 4.69) is 5.32 Å². The van der Waals surface area contributed by atoms with Gasteiger partial charge in [-0.1, -0.05) is 25.7 Å². The second-order valence-electron chi connectivity index (χ2n) is 5.65. The molecular formula is C14H24N2O2. The molecule has 1 N–H and O–H groups in total. The second-order valence-corrected chi connectivity index (χ2v) is 5.65. The number of hydrogen-bond acceptors (Lipinski definition) is 3. The molecule has 102 valence electrons. The summed E-state index contributed by atoms with van der Waals surface area (Å²) in [6.45, 7) is 0.929. The highest BCUT2D eigenvalue weighted by molar-refractivity contribution is 6.00. The van der Waals surface area contributed by atoms with Crippen LogP contribution in [0.5, 0.6) is 0 Å². The molecule has 2 rings (SSSR count). The second kappa shape index (κ2) is 6.32. The third kappa shape index (κ3) is 3.31. The number of piperidine rings is 1. The summed E-state index contributed by atoms with van der Waals surface area (Å²) < 4.78 is 0. The Morgan fingerprint density at radius 2 is 1.78 bits per heavy atom. The number of nitrogens with one attached hydrogen (secondary N) is 1. The van der Waals surface area contributed by atoms with Crippen LogP contribution in [0.2, 0.25) is 0 Å². The van der Waals surface area contributed by atoms with Crippen LogP contribution in [0, 0.1) is 5.92 Å². The van der Waals surface area contributed by atoms with Gasteiger partial charge in [0.2, 0.25) is 11.8 Å². The van der Waals surface area contributed by atoms with E-state index in [1.165, 1.54) is 43.4 Å². The van der Waals surface area contributed by atoms with Crippen molar-refractivity contribution in [2.45, 2.75) is 57.4 Å². The van der Waals surface area contributed by atoms with E-state index in [1.54, 1.807) is 7.05 Å². The van der Waals surface area contributed by atoms with Crippen molar-refractivity contribution in [2.75, 3.05) is 13.6 Å². The summed E-state index contributed by atoms with van der Waals surface area (Å²) >= 11 is 0. The zero-order chi connectivity index (χ0) is 13.0. The van der Waals surface area contributed by atoms with E-state index in [0.717, 1.165) is 6.54 Å². The number of carbonyl (C=O) groups is 2. The van der Waals surface area contributed by atoms with Gasteiger partial charge < -0.3 is 5.32 Å². The van der Waals surface area contributed by atoms with Crippen LogP contribution in [0.4, 0.5) is 0 Å². The van der Waals surface area contributed by atoms with E-state index in [0.29, 0.717) is 18.8 Å². The predicted molar refractivity (Wildman–Crippen MR) is 70.0 cm³/mol. The number of likely N-dealkylation sites (N-methyl/N-ethyl adjacent to an activating group) is 1. The molecule has 0 aromatic rings. The van der Waals surface area contributed by atoms with Gasteiger partial charge in [-0.3, -0.25) is 14.5 Å². The van der Waals surface area contributed by atoms with E-state index in [-0.39, 0.29) is 17.9 Å². The van der Waals surface area contributed by atoms with Crippen LogP contribution in [-0.4, -0.2) is 36.3 Å². The number of likely N-dealkylation sites (tertiary alicyclic amines) is 1. The lowest BCUT2D eigenvalue weighted by Crippen LogP contribution is -2.52. The molecule has 0 bridgehead atoms. The number of rotatable bonds is 3. The van der Waals surface area contributed by atoms with Crippen molar-refractivity contribution in [3.63, 3.8) is 0 Å². The first-order valence-electron chi connectivity index (χ1n) is 7.22. The molecule has 2 aliphatic rings. The zero-order valence-electron chi connectivity index (χ0n) is 11.3. The highest BCUT2D eigenvalue weighted by Crippen LogP contribution is 2.22. The first kappa shape index (κ1) is 13.5. The Morgan fingerprint density at radius 1 is 1.11 bits per heavy atom. The largest absolute Gasteiger partial charge is 0.306 e. The van der Waals surface area contributed by atoms with E-state index >= 15 is 0 Å². The Kier molecular flexibility index (Phi) is 4.75. The van der Waals surface area contributed by atoms with Crippen molar-refractivity contribution in [1.82, 2.24) is 10.2 Å². The maximum absolute atomic E-state index is 11.9. The molecule has 0 aromatic carbocycles. The fraction of sp³-hybridized carbons (Fsp3) is 0.857. The maximum atomic E-state index is 11.9. The number of amides is 2. The summed E-state index contributed by atoms with van der Waals surface area (Å²) in [4.78, 5) is 24.6. The third-order valence-corrected chi connectivity index (χ3v) is 4.28. The van der Waals surface area contributed by atoms with Crippen molar-refractivity contribution < 1.29 is 9.59 Å². The quantitative estimate of drug-likeness (QED) is 0.614. The highest BCUT2D eigenvalue weighted by Gasteiger charge is 2.31. The lowest BCUT2D eigenvalue weighted by atomic mass is 9.98. The van der Waals surface area contributed by atoms with Gasteiger partial charge in [0.05, 0.1) is 6.04 Å². The van der Waals surface area contributed by atoms with E-state index in [1.807, 2.05) is 0 Å². The first-order valence-corrected chi connectivity index (χ1v) is 7.22. The van der Waals surface area contributed by atoms with Gasteiger partial charge in [-0.05, 0) is 31.7 Å². The molecule has 4 nitrogen and oxygen atoms in total. The number of nitrogens with zero attached hydrogens (tertiary/aromatic N) is 1. The minimum Gasteiger partial charge on any atom is -0.306 e. The van der Waals surface area contributed by atoms with Crippen LogP contribution in [0.25, 0.3) is 0 Å². The van der Waals surface area contributed by atoms with Crippen molar-refractivity contribution >= 4 is 11.8 Å². The fourth-order valence-corrected chi connectivity index (χ4v) is 2.98. The van der Waals surface area contributed by atoms with Crippen molar-refractivity contribution in [3.8, 4) is 0 Å².